The summed E-state index contributed by atoms with van der Waals surface area (Å²) in [5.74, 6) is -2.65. The number of rotatable bonds is 9. The monoisotopic (exact) mass is 592 g/mol. The quantitative estimate of drug-likeness (QED) is 0.363. The number of halogens is 1. The lowest BCUT2D eigenvalue weighted by molar-refractivity contribution is -0.144. The van der Waals surface area contributed by atoms with Crippen LogP contribution in [-0.4, -0.2) is 64.0 Å². The number of carboxylic acids is 1. The van der Waals surface area contributed by atoms with Crippen molar-refractivity contribution in [2.24, 2.45) is 11.8 Å². The predicted octanol–water partition coefficient (Wildman–Crippen LogP) is 5.34. The fourth-order valence-corrected chi connectivity index (χ4v) is 7.18. The Balaban J connectivity index is 1.45. The number of carboxylic acid groups (broad SMARTS) is 1. The van der Waals surface area contributed by atoms with Crippen LogP contribution in [0.1, 0.15) is 75.7 Å². The molecule has 0 radical (unpaired) electrons. The van der Waals surface area contributed by atoms with Crippen molar-refractivity contribution in [3.63, 3.8) is 0 Å². The van der Waals surface area contributed by atoms with Gasteiger partial charge in [-0.15, -0.1) is 0 Å². The van der Waals surface area contributed by atoms with E-state index in [9.17, 15) is 28.7 Å². The van der Waals surface area contributed by atoms with Crippen molar-refractivity contribution in [3.8, 4) is 0 Å². The van der Waals surface area contributed by atoms with Crippen LogP contribution in [0.4, 0.5) is 14.9 Å². The molecule has 1 saturated heterocycles. The van der Waals surface area contributed by atoms with E-state index in [1.165, 1.54) is 28.0 Å². The summed E-state index contributed by atoms with van der Waals surface area (Å²) < 4.78 is 13.9. The minimum absolute atomic E-state index is 0.00415. The first-order chi connectivity index (χ1) is 20.8. The molecule has 2 aliphatic carbocycles. The molecule has 2 aromatic rings. The molecule has 3 unspecified atom stereocenters. The highest BCUT2D eigenvalue weighted by Gasteiger charge is 2.47. The molecule has 5 rings (SSSR count). The van der Waals surface area contributed by atoms with Crippen LogP contribution >= 0.6 is 0 Å². The Hall–Kier alpha value is -3.95. The van der Waals surface area contributed by atoms with Gasteiger partial charge in [-0.2, -0.15) is 0 Å². The van der Waals surface area contributed by atoms with Gasteiger partial charge in [-0.25, -0.2) is 9.18 Å². The van der Waals surface area contributed by atoms with Gasteiger partial charge >= 0.3 is 12.0 Å². The van der Waals surface area contributed by atoms with E-state index in [4.69, 9.17) is 0 Å². The Morgan fingerprint density at radius 1 is 0.837 bits per heavy atom. The molecule has 1 aliphatic heterocycles. The van der Waals surface area contributed by atoms with Crippen molar-refractivity contribution < 1.29 is 28.7 Å². The Bertz CT molecular complexity index is 1300. The highest BCUT2D eigenvalue weighted by Crippen LogP contribution is 2.39. The van der Waals surface area contributed by atoms with E-state index in [0.717, 1.165) is 63.4 Å². The Morgan fingerprint density at radius 2 is 1.49 bits per heavy atom. The Kier molecular flexibility index (Phi) is 9.94. The summed E-state index contributed by atoms with van der Waals surface area (Å²) in [5.41, 5.74) is 1.11. The van der Waals surface area contributed by atoms with Crippen LogP contribution in [0.15, 0.2) is 54.6 Å². The minimum atomic E-state index is -1.27. The molecule has 2 saturated carbocycles. The van der Waals surface area contributed by atoms with Gasteiger partial charge < -0.3 is 20.6 Å². The molecule has 3 fully saturated rings. The number of benzene rings is 2. The zero-order valence-corrected chi connectivity index (χ0v) is 24.4. The lowest BCUT2D eigenvalue weighted by Gasteiger charge is -2.36. The second-order valence-corrected chi connectivity index (χ2v) is 12.1. The van der Waals surface area contributed by atoms with Crippen LogP contribution in [0.3, 0.4) is 0 Å². The van der Waals surface area contributed by atoms with Gasteiger partial charge in [-0.1, -0.05) is 68.5 Å². The van der Waals surface area contributed by atoms with Crippen molar-refractivity contribution in [1.82, 2.24) is 15.1 Å². The summed E-state index contributed by atoms with van der Waals surface area (Å²) in [6.07, 6.45) is 7.00. The van der Waals surface area contributed by atoms with Crippen LogP contribution in [0, 0.1) is 17.7 Å². The smallest absolute Gasteiger partial charge is 0.323 e. The minimum Gasteiger partial charge on any atom is -0.481 e. The molecule has 1 heterocycles. The van der Waals surface area contributed by atoms with E-state index in [-0.39, 0.29) is 42.9 Å². The van der Waals surface area contributed by atoms with E-state index in [1.54, 1.807) is 6.07 Å². The largest absolute Gasteiger partial charge is 0.481 e. The first kappa shape index (κ1) is 30.5. The van der Waals surface area contributed by atoms with E-state index in [2.05, 4.69) is 10.6 Å². The molecular formula is C33H41FN4O5. The number of hydrogen-bond acceptors (Lipinski definition) is 4. The lowest BCUT2D eigenvalue weighted by Crippen LogP contribution is -2.58. The fourth-order valence-electron chi connectivity index (χ4n) is 7.18. The molecule has 43 heavy (non-hydrogen) atoms. The molecular weight excluding hydrogens is 551 g/mol. The van der Waals surface area contributed by atoms with Crippen molar-refractivity contribution in [3.05, 3.63) is 66.0 Å². The second-order valence-electron chi connectivity index (χ2n) is 12.1. The number of aliphatic carboxylic acids is 1. The van der Waals surface area contributed by atoms with Crippen molar-refractivity contribution in [2.45, 2.75) is 82.3 Å². The van der Waals surface area contributed by atoms with E-state index in [0.29, 0.717) is 0 Å². The van der Waals surface area contributed by atoms with E-state index in [1.807, 2.05) is 30.3 Å². The summed E-state index contributed by atoms with van der Waals surface area (Å²) >= 11 is 0. The van der Waals surface area contributed by atoms with Crippen LogP contribution in [0.5, 0.6) is 0 Å². The predicted molar refractivity (Wildman–Crippen MR) is 160 cm³/mol. The number of hydrogen-bond donors (Lipinski definition) is 3. The maximum Gasteiger partial charge on any atom is 0.323 e. The summed E-state index contributed by atoms with van der Waals surface area (Å²) in [6.45, 7) is 0.251. The molecule has 9 nitrogen and oxygen atoms in total. The number of nitrogens with zero attached hydrogens (tertiary/aromatic N) is 2. The molecule has 230 valence electrons. The second kappa shape index (κ2) is 14.0. The SMILES string of the molecule is O=C(O)CC(NC(=O)C1N(C(=O)Nc2cccc(F)c2)CCN1C(=O)C(c1ccccc1)C1CCCC1)C1CCCCC1. The summed E-state index contributed by atoms with van der Waals surface area (Å²) in [6, 6.07) is 13.8. The number of anilines is 1. The topological polar surface area (TPSA) is 119 Å². The molecule has 4 amide bonds. The number of carbonyl (C=O) groups is 4. The van der Waals surface area contributed by atoms with Gasteiger partial charge in [-0.3, -0.25) is 19.3 Å². The van der Waals surface area contributed by atoms with Crippen LogP contribution in [-0.2, 0) is 14.4 Å². The zero-order chi connectivity index (χ0) is 30.3. The Labute approximate surface area is 251 Å². The molecule has 0 spiro atoms. The maximum atomic E-state index is 14.4. The van der Waals surface area contributed by atoms with Gasteiger partial charge in [0.25, 0.3) is 5.91 Å². The summed E-state index contributed by atoms with van der Waals surface area (Å²) in [4.78, 5) is 56.7. The van der Waals surface area contributed by atoms with Crippen molar-refractivity contribution in [2.75, 3.05) is 18.4 Å². The third kappa shape index (κ3) is 7.35. The molecule has 10 heteroatoms. The van der Waals surface area contributed by atoms with Crippen LogP contribution in [0.25, 0.3) is 0 Å². The molecule has 0 bridgehead atoms. The van der Waals surface area contributed by atoms with E-state index >= 15 is 0 Å². The highest BCUT2D eigenvalue weighted by molar-refractivity contribution is 5.97. The molecule has 2 aromatic carbocycles. The molecule has 3 atom stereocenters. The lowest BCUT2D eigenvalue weighted by atomic mass is 9.82. The summed E-state index contributed by atoms with van der Waals surface area (Å²) in [7, 11) is 0. The highest BCUT2D eigenvalue weighted by atomic mass is 19.1. The summed E-state index contributed by atoms with van der Waals surface area (Å²) in [5, 5.41) is 15.3. The third-order valence-electron chi connectivity index (χ3n) is 9.26. The van der Waals surface area contributed by atoms with Crippen molar-refractivity contribution in [1.29, 1.82) is 0 Å². The van der Waals surface area contributed by atoms with Crippen LogP contribution < -0.4 is 10.6 Å². The third-order valence-corrected chi connectivity index (χ3v) is 9.26. The van der Waals surface area contributed by atoms with Gasteiger partial charge in [-0.05, 0) is 61.3 Å². The number of nitrogens with one attached hydrogen (secondary N) is 2. The first-order valence-electron chi connectivity index (χ1n) is 15.5. The van der Waals surface area contributed by atoms with Gasteiger partial charge in [0, 0.05) is 24.8 Å². The standard InChI is InChI=1S/C33H41FN4O5/c34-25-16-9-17-26(20-25)35-33(43)38-19-18-37(32(42)29(24-14-7-8-15-24)23-12-5-2-6-13-23)31(38)30(41)36-27(21-28(39)40)22-10-3-1-4-11-22/h2,5-6,9,12-13,16-17,20,22,24,27,29,31H,1,3-4,7-8,10-11,14-15,18-19,21H2,(H,35,43)(H,36,41)(H,39,40). The van der Waals surface area contributed by atoms with Gasteiger partial charge in [0.05, 0.1) is 12.3 Å². The molecule has 0 aromatic heterocycles. The fraction of sp³-hybridized carbons (Fsp3) is 0.515. The van der Waals surface area contributed by atoms with Crippen LogP contribution in [0.2, 0.25) is 0 Å². The molecule has 3 aliphatic rings. The average molecular weight is 593 g/mol. The van der Waals surface area contributed by atoms with Gasteiger partial charge in [0.1, 0.15) is 5.82 Å². The Morgan fingerprint density at radius 3 is 2.16 bits per heavy atom. The van der Waals surface area contributed by atoms with Gasteiger partial charge in [0.2, 0.25) is 5.91 Å². The normalized spacial score (nSPS) is 20.9. The van der Waals surface area contributed by atoms with Gasteiger partial charge in [0.15, 0.2) is 6.17 Å². The van der Waals surface area contributed by atoms with E-state index < -0.39 is 41.9 Å². The number of amides is 4. The zero-order valence-electron chi connectivity index (χ0n) is 24.4. The number of urea groups is 1. The van der Waals surface area contributed by atoms with Crippen molar-refractivity contribution >= 4 is 29.5 Å². The molecule has 3 N–H and O–H groups in total. The first-order valence-corrected chi connectivity index (χ1v) is 15.5. The number of carbonyl (C=O) groups excluding carboxylic acids is 3. The maximum absolute atomic E-state index is 14.4. The average Bonchev–Trinajstić information content (AvgIpc) is 3.69.